The fraction of sp³-hybridized carbons (Fsp3) is 0.438. The number of rotatable bonds is 3. The van der Waals surface area contributed by atoms with E-state index in [0.29, 0.717) is 10.2 Å². The van der Waals surface area contributed by atoms with E-state index in [4.69, 9.17) is 12.2 Å². The molecule has 0 saturated heterocycles. The molecule has 2 rings (SSSR count). The molecule has 0 spiro atoms. The molecule has 2 aromatic heterocycles. The maximum absolute atomic E-state index is 12.3. The topological polar surface area (TPSA) is 62.7 Å². The van der Waals surface area contributed by atoms with Gasteiger partial charge in [0.1, 0.15) is 4.64 Å². The van der Waals surface area contributed by atoms with Crippen molar-refractivity contribution >= 4 is 18.1 Å². The summed E-state index contributed by atoms with van der Waals surface area (Å²) >= 11 is 5.14. The molecule has 0 aliphatic carbocycles. The highest BCUT2D eigenvalue weighted by molar-refractivity contribution is 7.71. The largest absolute Gasteiger partial charge is 0.352 e. The van der Waals surface area contributed by atoms with Gasteiger partial charge in [-0.25, -0.2) is 0 Å². The van der Waals surface area contributed by atoms with Gasteiger partial charge in [-0.05, 0) is 46.8 Å². The molecular weight excluding hydrogens is 296 g/mol. The van der Waals surface area contributed by atoms with Crippen molar-refractivity contribution in [2.75, 3.05) is 0 Å². The lowest BCUT2D eigenvalue weighted by Crippen LogP contribution is -2.27. The molecule has 118 valence electrons. The number of nitrogens with one attached hydrogen (secondary N) is 2. The molecule has 22 heavy (non-hydrogen) atoms. The molecule has 6 heteroatoms. The van der Waals surface area contributed by atoms with Crippen molar-refractivity contribution in [1.82, 2.24) is 20.1 Å². The molecule has 2 N–H and O–H groups in total. The van der Waals surface area contributed by atoms with E-state index in [-0.39, 0.29) is 17.5 Å². The van der Waals surface area contributed by atoms with Crippen LogP contribution in [-0.2, 0) is 5.54 Å². The first-order valence-corrected chi connectivity index (χ1v) is 7.66. The first kappa shape index (κ1) is 16.4. The van der Waals surface area contributed by atoms with Crippen molar-refractivity contribution in [3.63, 3.8) is 0 Å². The van der Waals surface area contributed by atoms with Crippen LogP contribution in [0.15, 0.2) is 24.5 Å². The number of H-pyrrole nitrogens is 1. The summed E-state index contributed by atoms with van der Waals surface area (Å²) in [4.78, 5) is 15.2. The van der Waals surface area contributed by atoms with Crippen molar-refractivity contribution in [2.45, 2.75) is 46.2 Å². The summed E-state index contributed by atoms with van der Waals surface area (Å²) in [6.45, 7) is 10.2. The second-order valence-corrected chi connectivity index (χ2v) is 6.80. The van der Waals surface area contributed by atoms with Gasteiger partial charge in [-0.3, -0.25) is 9.48 Å². The van der Waals surface area contributed by atoms with Crippen LogP contribution in [0.1, 0.15) is 55.4 Å². The number of carbonyl (C=O) groups is 1. The minimum Gasteiger partial charge on any atom is -0.352 e. The Balaban J connectivity index is 2.21. The van der Waals surface area contributed by atoms with Crippen LogP contribution in [0, 0.1) is 11.6 Å². The molecule has 0 bridgehead atoms. The van der Waals surface area contributed by atoms with E-state index >= 15 is 0 Å². The van der Waals surface area contributed by atoms with Gasteiger partial charge in [-0.1, -0.05) is 12.2 Å². The predicted molar refractivity (Wildman–Crippen MR) is 89.5 cm³/mol. The quantitative estimate of drug-likeness (QED) is 0.852. The lowest BCUT2D eigenvalue weighted by Gasteiger charge is -2.19. The van der Waals surface area contributed by atoms with E-state index < -0.39 is 0 Å². The first-order valence-electron chi connectivity index (χ1n) is 7.25. The second-order valence-electron chi connectivity index (χ2n) is 6.39. The number of aryl methyl sites for hydroxylation is 1. The van der Waals surface area contributed by atoms with Crippen molar-refractivity contribution in [3.8, 4) is 0 Å². The van der Waals surface area contributed by atoms with Crippen molar-refractivity contribution in [3.05, 3.63) is 46.0 Å². The minimum atomic E-state index is -0.183. The number of aromatic nitrogens is 3. The lowest BCUT2D eigenvalue weighted by molar-refractivity contribution is 0.0939. The molecule has 0 saturated carbocycles. The maximum atomic E-state index is 12.3. The number of nitrogens with zero attached hydrogens (tertiary/aromatic N) is 2. The summed E-state index contributed by atoms with van der Waals surface area (Å²) in [7, 11) is 0. The average Bonchev–Trinajstić information content (AvgIpc) is 2.81. The molecule has 5 nitrogen and oxygen atoms in total. The minimum absolute atomic E-state index is 0.0884. The zero-order chi connectivity index (χ0) is 16.5. The van der Waals surface area contributed by atoms with Crippen molar-refractivity contribution in [2.24, 2.45) is 0 Å². The van der Waals surface area contributed by atoms with Gasteiger partial charge >= 0.3 is 0 Å². The first-order chi connectivity index (χ1) is 10.2. The van der Waals surface area contributed by atoms with E-state index in [2.05, 4.69) is 36.2 Å². The molecule has 0 aliphatic rings. The zero-order valence-corrected chi connectivity index (χ0v) is 14.4. The van der Waals surface area contributed by atoms with Crippen molar-refractivity contribution in [1.29, 1.82) is 0 Å². The van der Waals surface area contributed by atoms with Gasteiger partial charge in [0, 0.05) is 18.0 Å². The number of aromatic amines is 1. The van der Waals surface area contributed by atoms with Crippen molar-refractivity contribution < 1.29 is 4.79 Å². The fourth-order valence-electron chi connectivity index (χ4n) is 2.19. The van der Waals surface area contributed by atoms with Crippen LogP contribution in [-0.4, -0.2) is 20.7 Å². The highest BCUT2D eigenvalue weighted by Gasteiger charge is 2.20. The zero-order valence-electron chi connectivity index (χ0n) is 13.6. The van der Waals surface area contributed by atoms with E-state index in [1.54, 1.807) is 18.3 Å². The Morgan fingerprint density at radius 3 is 2.68 bits per heavy atom. The average molecular weight is 318 g/mol. The van der Waals surface area contributed by atoms with Crippen LogP contribution < -0.4 is 5.32 Å². The number of pyridine rings is 1. The van der Waals surface area contributed by atoms with Crippen LogP contribution in [0.4, 0.5) is 0 Å². The van der Waals surface area contributed by atoms with E-state index in [9.17, 15) is 4.79 Å². The molecule has 0 aliphatic heterocycles. The molecule has 1 amide bonds. The Labute approximate surface area is 135 Å². The summed E-state index contributed by atoms with van der Waals surface area (Å²) in [6.07, 6.45) is 3.70. The third kappa shape index (κ3) is 3.44. The summed E-state index contributed by atoms with van der Waals surface area (Å²) in [6, 6.07) is 3.34. The molecule has 0 radical (unpaired) electrons. The molecule has 0 aromatic carbocycles. The number of carbonyl (C=O) groups excluding carboxylic acids is 1. The Hall–Kier alpha value is -1.95. The molecular formula is C16H22N4OS. The standard InChI is InChI=1S/C16H22N4OS/c1-10(13-9-20(16(3,4)5)19-11(13)2)18-14(21)12-7-6-8-17-15(12)22/h6-10H,1-5H3,(H,17,22)(H,18,21)/t10-/m1/s1. The highest BCUT2D eigenvalue weighted by Crippen LogP contribution is 2.21. The number of hydrogen-bond donors (Lipinski definition) is 2. The van der Waals surface area contributed by atoms with Gasteiger partial charge in [0.25, 0.3) is 5.91 Å². The maximum Gasteiger partial charge on any atom is 0.254 e. The molecule has 0 fully saturated rings. The van der Waals surface area contributed by atoms with Gasteiger partial charge in [0.05, 0.1) is 22.8 Å². The van der Waals surface area contributed by atoms with E-state index in [0.717, 1.165) is 11.3 Å². The SMILES string of the molecule is Cc1nn(C(C)(C)C)cc1[C@@H](C)NC(=O)c1ccc[nH]c1=S. The number of amides is 1. The van der Waals surface area contributed by atoms with Crippen LogP contribution in [0.3, 0.4) is 0 Å². The monoisotopic (exact) mass is 318 g/mol. The van der Waals surface area contributed by atoms with Gasteiger partial charge in [0.2, 0.25) is 0 Å². The van der Waals surface area contributed by atoms with Crippen LogP contribution >= 0.6 is 12.2 Å². The summed E-state index contributed by atoms with van der Waals surface area (Å²) in [5.41, 5.74) is 2.31. The predicted octanol–water partition coefficient (Wildman–Crippen LogP) is 3.50. The lowest BCUT2D eigenvalue weighted by atomic mass is 10.1. The third-order valence-electron chi connectivity index (χ3n) is 3.50. The van der Waals surface area contributed by atoms with Crippen LogP contribution in [0.2, 0.25) is 0 Å². The van der Waals surface area contributed by atoms with E-state index in [1.165, 1.54) is 0 Å². The third-order valence-corrected chi connectivity index (χ3v) is 3.84. The van der Waals surface area contributed by atoms with Gasteiger partial charge in [-0.15, -0.1) is 0 Å². The van der Waals surface area contributed by atoms with Crippen LogP contribution in [0.25, 0.3) is 0 Å². The smallest absolute Gasteiger partial charge is 0.254 e. The summed E-state index contributed by atoms with van der Waals surface area (Å²) < 4.78 is 2.36. The highest BCUT2D eigenvalue weighted by atomic mass is 32.1. The van der Waals surface area contributed by atoms with E-state index in [1.807, 2.05) is 24.7 Å². The molecule has 2 aromatic rings. The Kier molecular flexibility index (Phi) is 4.51. The molecule has 2 heterocycles. The van der Waals surface area contributed by atoms with Crippen LogP contribution in [0.5, 0.6) is 0 Å². The summed E-state index contributed by atoms with van der Waals surface area (Å²) in [5.74, 6) is -0.183. The molecule has 0 unspecified atom stereocenters. The fourth-order valence-corrected chi connectivity index (χ4v) is 2.42. The van der Waals surface area contributed by atoms with Gasteiger partial charge < -0.3 is 10.3 Å². The van der Waals surface area contributed by atoms with Gasteiger partial charge in [0.15, 0.2) is 0 Å². The number of hydrogen-bond acceptors (Lipinski definition) is 3. The second kappa shape index (κ2) is 6.04. The molecule has 1 atom stereocenters. The Morgan fingerprint density at radius 1 is 1.45 bits per heavy atom. The van der Waals surface area contributed by atoms with Gasteiger partial charge in [-0.2, -0.15) is 5.10 Å². The Bertz CT molecular complexity index is 739. The Morgan fingerprint density at radius 2 is 2.14 bits per heavy atom. The normalized spacial score (nSPS) is 13.0. The summed E-state index contributed by atoms with van der Waals surface area (Å²) in [5, 5.41) is 7.52.